The Hall–Kier alpha value is -1.87. The summed E-state index contributed by atoms with van der Waals surface area (Å²) in [5.41, 5.74) is 1.21. The molecule has 2 aromatic carbocycles. The van der Waals surface area contributed by atoms with Crippen LogP contribution < -0.4 is 5.32 Å². The molecule has 1 unspecified atom stereocenters. The minimum absolute atomic E-state index is 0.103. The van der Waals surface area contributed by atoms with Gasteiger partial charge in [-0.3, -0.25) is 4.79 Å². The Labute approximate surface area is 125 Å². The third-order valence-corrected chi connectivity index (χ3v) is 4.57. The number of carbonyl (C=O) groups is 1. The van der Waals surface area contributed by atoms with E-state index >= 15 is 0 Å². The molecule has 3 heteroatoms. The topological polar surface area (TPSA) is 32.3 Å². The summed E-state index contributed by atoms with van der Waals surface area (Å²) < 4.78 is 0. The van der Waals surface area contributed by atoms with Crippen molar-refractivity contribution >= 4 is 16.7 Å². The highest BCUT2D eigenvalue weighted by molar-refractivity contribution is 5.86. The summed E-state index contributed by atoms with van der Waals surface area (Å²) in [6.45, 7) is 4.65. The Morgan fingerprint density at radius 3 is 2.67 bits per heavy atom. The van der Waals surface area contributed by atoms with Crippen molar-refractivity contribution in [3.63, 3.8) is 0 Å². The van der Waals surface area contributed by atoms with E-state index < -0.39 is 0 Å². The molecule has 3 rings (SSSR count). The molecular formula is C18H22N2O. The van der Waals surface area contributed by atoms with Gasteiger partial charge in [-0.25, -0.2) is 0 Å². The van der Waals surface area contributed by atoms with Crippen LogP contribution in [0.3, 0.4) is 0 Å². The lowest BCUT2D eigenvalue weighted by molar-refractivity contribution is -0.136. The molecule has 1 N–H and O–H groups in total. The second-order valence-corrected chi connectivity index (χ2v) is 6.04. The molecule has 0 saturated carbocycles. The van der Waals surface area contributed by atoms with E-state index in [0.29, 0.717) is 12.5 Å². The van der Waals surface area contributed by atoms with Gasteiger partial charge in [0, 0.05) is 19.5 Å². The Morgan fingerprint density at radius 2 is 1.95 bits per heavy atom. The van der Waals surface area contributed by atoms with Crippen molar-refractivity contribution < 1.29 is 4.79 Å². The average molecular weight is 282 g/mol. The van der Waals surface area contributed by atoms with Crippen LogP contribution in [0.4, 0.5) is 0 Å². The Morgan fingerprint density at radius 1 is 1.24 bits per heavy atom. The largest absolute Gasteiger partial charge is 0.341 e. The predicted octanol–water partition coefficient (Wildman–Crippen LogP) is 2.65. The first kappa shape index (κ1) is 14.1. The van der Waals surface area contributed by atoms with Gasteiger partial charge in [0.25, 0.3) is 0 Å². The Bertz CT molecular complexity index is 643. The van der Waals surface area contributed by atoms with Crippen molar-refractivity contribution in [2.75, 3.05) is 20.1 Å². The fourth-order valence-corrected chi connectivity index (χ4v) is 2.98. The minimum Gasteiger partial charge on any atom is -0.341 e. The van der Waals surface area contributed by atoms with Crippen LogP contribution in [0.2, 0.25) is 0 Å². The lowest BCUT2D eigenvalue weighted by Crippen LogP contribution is -2.49. The molecule has 1 atom stereocenters. The summed E-state index contributed by atoms with van der Waals surface area (Å²) in [6.07, 6.45) is 0. The maximum atomic E-state index is 12.5. The molecular weight excluding hydrogens is 260 g/mol. The van der Waals surface area contributed by atoms with Crippen LogP contribution in [0.25, 0.3) is 10.8 Å². The molecule has 1 heterocycles. The zero-order chi connectivity index (χ0) is 14.8. The number of nitrogens with one attached hydrogen (secondary N) is 1. The molecule has 0 aromatic heterocycles. The molecule has 3 nitrogen and oxygen atoms in total. The van der Waals surface area contributed by atoms with Crippen molar-refractivity contribution in [2.24, 2.45) is 11.8 Å². The summed E-state index contributed by atoms with van der Waals surface area (Å²) in [6, 6.07) is 14.6. The summed E-state index contributed by atoms with van der Waals surface area (Å²) in [5.74, 6) is 0.841. The maximum Gasteiger partial charge on any atom is 0.225 e. The van der Waals surface area contributed by atoms with Gasteiger partial charge in [0.1, 0.15) is 0 Å². The van der Waals surface area contributed by atoms with Gasteiger partial charge < -0.3 is 10.2 Å². The standard InChI is InChI=1S/C18H22N2O/c1-13(16-10-19-11-16)18(21)20(2)12-15-8-5-7-14-6-3-4-9-17(14)15/h3-9,13,16,19H,10-12H2,1-2H3. The number of hydrogen-bond acceptors (Lipinski definition) is 2. The van der Waals surface area contributed by atoms with E-state index in [2.05, 4.69) is 41.7 Å². The van der Waals surface area contributed by atoms with E-state index in [9.17, 15) is 4.79 Å². The lowest BCUT2D eigenvalue weighted by atomic mass is 9.88. The fourth-order valence-electron chi connectivity index (χ4n) is 2.98. The van der Waals surface area contributed by atoms with E-state index in [0.717, 1.165) is 13.1 Å². The van der Waals surface area contributed by atoms with E-state index in [1.54, 1.807) is 0 Å². The zero-order valence-electron chi connectivity index (χ0n) is 12.7. The molecule has 110 valence electrons. The second kappa shape index (κ2) is 5.86. The highest BCUT2D eigenvalue weighted by Gasteiger charge is 2.30. The summed E-state index contributed by atoms with van der Waals surface area (Å²) in [4.78, 5) is 14.4. The van der Waals surface area contributed by atoms with Crippen LogP contribution in [0.5, 0.6) is 0 Å². The Balaban J connectivity index is 1.76. The molecule has 1 amide bonds. The molecule has 1 fully saturated rings. The maximum absolute atomic E-state index is 12.5. The number of benzene rings is 2. The second-order valence-electron chi connectivity index (χ2n) is 6.04. The monoisotopic (exact) mass is 282 g/mol. The van der Waals surface area contributed by atoms with Gasteiger partial charge in [0.05, 0.1) is 0 Å². The highest BCUT2D eigenvalue weighted by atomic mass is 16.2. The van der Waals surface area contributed by atoms with Gasteiger partial charge in [-0.2, -0.15) is 0 Å². The van der Waals surface area contributed by atoms with Crippen LogP contribution in [0, 0.1) is 11.8 Å². The number of hydrogen-bond donors (Lipinski definition) is 1. The van der Waals surface area contributed by atoms with Gasteiger partial charge in [0.15, 0.2) is 0 Å². The molecule has 1 saturated heterocycles. The normalized spacial score (nSPS) is 16.5. The number of carbonyl (C=O) groups excluding carboxylic acids is 1. The van der Waals surface area contributed by atoms with Crippen molar-refractivity contribution in [3.05, 3.63) is 48.0 Å². The van der Waals surface area contributed by atoms with Gasteiger partial charge >= 0.3 is 0 Å². The van der Waals surface area contributed by atoms with Gasteiger partial charge in [0.2, 0.25) is 5.91 Å². The van der Waals surface area contributed by atoms with Crippen LogP contribution in [0.1, 0.15) is 12.5 Å². The van der Waals surface area contributed by atoms with Gasteiger partial charge in [-0.05, 0) is 35.3 Å². The average Bonchev–Trinajstić information content (AvgIpc) is 2.45. The van der Waals surface area contributed by atoms with Crippen LogP contribution in [-0.2, 0) is 11.3 Å². The van der Waals surface area contributed by atoms with Crippen LogP contribution in [-0.4, -0.2) is 30.9 Å². The van der Waals surface area contributed by atoms with Crippen molar-refractivity contribution in [2.45, 2.75) is 13.5 Å². The number of nitrogens with zero attached hydrogens (tertiary/aromatic N) is 1. The molecule has 0 aliphatic carbocycles. The third kappa shape index (κ3) is 2.79. The molecule has 1 aliphatic rings. The highest BCUT2D eigenvalue weighted by Crippen LogP contribution is 2.22. The van der Waals surface area contributed by atoms with E-state index in [4.69, 9.17) is 0 Å². The molecule has 0 spiro atoms. The minimum atomic E-state index is 0.103. The quantitative estimate of drug-likeness (QED) is 0.935. The number of fused-ring (bicyclic) bond motifs is 1. The SMILES string of the molecule is CC(C(=O)N(C)Cc1cccc2ccccc12)C1CNC1. The lowest BCUT2D eigenvalue weighted by Gasteiger charge is -2.34. The first-order chi connectivity index (χ1) is 10.2. The van der Waals surface area contributed by atoms with Crippen LogP contribution >= 0.6 is 0 Å². The zero-order valence-corrected chi connectivity index (χ0v) is 12.7. The number of rotatable bonds is 4. The van der Waals surface area contributed by atoms with E-state index in [-0.39, 0.29) is 11.8 Å². The first-order valence-electron chi connectivity index (χ1n) is 7.59. The molecule has 21 heavy (non-hydrogen) atoms. The third-order valence-electron chi connectivity index (χ3n) is 4.57. The van der Waals surface area contributed by atoms with Crippen LogP contribution in [0.15, 0.2) is 42.5 Å². The molecule has 0 bridgehead atoms. The summed E-state index contributed by atoms with van der Waals surface area (Å²) in [5, 5.41) is 5.70. The first-order valence-corrected chi connectivity index (χ1v) is 7.59. The summed E-state index contributed by atoms with van der Waals surface area (Å²) in [7, 11) is 1.91. The summed E-state index contributed by atoms with van der Waals surface area (Å²) >= 11 is 0. The van der Waals surface area contributed by atoms with Gasteiger partial charge in [-0.15, -0.1) is 0 Å². The predicted molar refractivity (Wildman–Crippen MR) is 85.9 cm³/mol. The van der Waals surface area contributed by atoms with E-state index in [1.807, 2.05) is 24.9 Å². The van der Waals surface area contributed by atoms with E-state index in [1.165, 1.54) is 16.3 Å². The smallest absolute Gasteiger partial charge is 0.225 e. The molecule has 0 radical (unpaired) electrons. The fraction of sp³-hybridized carbons (Fsp3) is 0.389. The van der Waals surface area contributed by atoms with Crippen molar-refractivity contribution in [1.29, 1.82) is 0 Å². The molecule has 1 aliphatic heterocycles. The number of amides is 1. The van der Waals surface area contributed by atoms with Crippen molar-refractivity contribution in [3.8, 4) is 0 Å². The molecule has 2 aromatic rings. The Kier molecular flexibility index (Phi) is 3.93. The van der Waals surface area contributed by atoms with Crippen molar-refractivity contribution in [1.82, 2.24) is 10.2 Å². The van der Waals surface area contributed by atoms with Gasteiger partial charge in [-0.1, -0.05) is 49.4 Å².